The number of carbonyl (C=O) groups excluding carboxylic acids is 2. The highest BCUT2D eigenvalue weighted by Crippen LogP contribution is 2.26. The monoisotopic (exact) mass is 407 g/mol. The van der Waals surface area contributed by atoms with Gasteiger partial charge in [0.05, 0.1) is 31.9 Å². The van der Waals surface area contributed by atoms with Gasteiger partial charge in [-0.15, -0.1) is 0 Å². The van der Waals surface area contributed by atoms with Crippen molar-refractivity contribution in [1.29, 1.82) is 0 Å². The molecule has 2 aromatic carbocycles. The number of fused-ring (bicyclic) bond motifs is 1. The molecule has 30 heavy (non-hydrogen) atoms. The first-order valence-corrected chi connectivity index (χ1v) is 10.1. The fourth-order valence-corrected chi connectivity index (χ4v) is 3.79. The molecule has 0 spiro atoms. The molecule has 1 unspecified atom stereocenters. The van der Waals surface area contributed by atoms with Crippen LogP contribution in [0.5, 0.6) is 11.5 Å². The predicted molar refractivity (Wildman–Crippen MR) is 115 cm³/mol. The molecular formula is C23H25N3O4. The van der Waals surface area contributed by atoms with Gasteiger partial charge in [0.2, 0.25) is 5.91 Å². The first kappa shape index (κ1) is 20.0. The number of hydrogen-bond donors (Lipinski definition) is 2. The lowest BCUT2D eigenvalue weighted by molar-refractivity contribution is -0.121. The van der Waals surface area contributed by atoms with Crippen LogP contribution in [-0.2, 0) is 16.0 Å². The van der Waals surface area contributed by atoms with Gasteiger partial charge in [0.1, 0.15) is 11.5 Å². The number of nitrogens with one attached hydrogen (secondary N) is 2. The molecule has 1 aromatic heterocycles. The quantitative estimate of drug-likeness (QED) is 0.561. The van der Waals surface area contributed by atoms with Gasteiger partial charge >= 0.3 is 0 Å². The van der Waals surface area contributed by atoms with Crippen molar-refractivity contribution in [3.63, 3.8) is 0 Å². The summed E-state index contributed by atoms with van der Waals surface area (Å²) in [4.78, 5) is 29.8. The van der Waals surface area contributed by atoms with Crippen LogP contribution in [0, 0.1) is 0 Å². The van der Waals surface area contributed by atoms with E-state index >= 15 is 0 Å². The van der Waals surface area contributed by atoms with Crippen LogP contribution in [0.15, 0.2) is 48.7 Å². The summed E-state index contributed by atoms with van der Waals surface area (Å²) in [6, 6.07) is 12.4. The summed E-state index contributed by atoms with van der Waals surface area (Å²) in [5, 5.41) is 4.34. The van der Waals surface area contributed by atoms with Gasteiger partial charge in [0.25, 0.3) is 5.91 Å². The van der Waals surface area contributed by atoms with Crippen LogP contribution in [0.2, 0.25) is 0 Å². The standard InChI is InChI=1S/C23H25N3O4/c1-3-30-17-6-4-16(5-7-17)26-22(27)13-21(23(26)28)24-11-10-15-14-25-20-9-8-18(29-2)12-19(15)20/h4-9,12,14,21,24-25H,3,10-11,13H2,1-2H3. The van der Waals surface area contributed by atoms with Crippen LogP contribution in [0.3, 0.4) is 0 Å². The molecule has 156 valence electrons. The average molecular weight is 407 g/mol. The smallest absolute Gasteiger partial charge is 0.251 e. The van der Waals surface area contributed by atoms with Crippen molar-refractivity contribution < 1.29 is 19.1 Å². The predicted octanol–water partition coefficient (Wildman–Crippen LogP) is 3.04. The maximum absolute atomic E-state index is 12.8. The van der Waals surface area contributed by atoms with Crippen molar-refractivity contribution >= 4 is 28.4 Å². The number of benzene rings is 2. The Morgan fingerprint density at radius 2 is 1.90 bits per heavy atom. The molecule has 0 radical (unpaired) electrons. The zero-order valence-corrected chi connectivity index (χ0v) is 17.1. The van der Waals surface area contributed by atoms with Crippen molar-refractivity contribution in [3.05, 3.63) is 54.2 Å². The van der Waals surface area contributed by atoms with Crippen molar-refractivity contribution in [2.24, 2.45) is 0 Å². The van der Waals surface area contributed by atoms with Gasteiger partial charge in [-0.25, -0.2) is 4.90 Å². The molecule has 1 fully saturated rings. The van der Waals surface area contributed by atoms with E-state index in [2.05, 4.69) is 10.3 Å². The van der Waals surface area contributed by atoms with Crippen molar-refractivity contribution in [1.82, 2.24) is 10.3 Å². The Hall–Kier alpha value is -3.32. The largest absolute Gasteiger partial charge is 0.497 e. The number of H-pyrrole nitrogens is 1. The second kappa shape index (κ2) is 8.59. The minimum atomic E-state index is -0.510. The molecule has 0 bridgehead atoms. The third-order valence-electron chi connectivity index (χ3n) is 5.31. The number of carbonyl (C=O) groups is 2. The number of amides is 2. The number of ether oxygens (including phenoxy) is 2. The minimum absolute atomic E-state index is 0.160. The normalized spacial score (nSPS) is 16.5. The van der Waals surface area contributed by atoms with Gasteiger partial charge < -0.3 is 19.8 Å². The van der Waals surface area contributed by atoms with Crippen LogP contribution >= 0.6 is 0 Å². The third kappa shape index (κ3) is 3.89. The SMILES string of the molecule is CCOc1ccc(N2C(=O)CC(NCCc3c[nH]c4ccc(OC)cc34)C2=O)cc1. The Balaban J connectivity index is 1.39. The van der Waals surface area contributed by atoms with Gasteiger partial charge in [-0.3, -0.25) is 9.59 Å². The van der Waals surface area contributed by atoms with E-state index < -0.39 is 6.04 Å². The molecule has 1 atom stereocenters. The Bertz CT molecular complexity index is 1060. The molecule has 2 N–H and O–H groups in total. The second-order valence-corrected chi connectivity index (χ2v) is 7.18. The van der Waals surface area contributed by atoms with Crippen molar-refractivity contribution in [2.75, 3.05) is 25.2 Å². The topological polar surface area (TPSA) is 83.7 Å². The number of aromatic amines is 1. The molecule has 0 saturated carbocycles. The fraction of sp³-hybridized carbons (Fsp3) is 0.304. The summed E-state index contributed by atoms with van der Waals surface area (Å²) in [6.07, 6.45) is 2.86. The molecule has 0 aliphatic carbocycles. The molecule has 3 aromatic rings. The van der Waals surface area contributed by atoms with Crippen LogP contribution in [0.1, 0.15) is 18.9 Å². The van der Waals surface area contributed by atoms with Gasteiger partial charge in [-0.05, 0) is 61.4 Å². The van der Waals surface area contributed by atoms with E-state index in [1.165, 1.54) is 4.90 Å². The maximum atomic E-state index is 12.8. The van der Waals surface area contributed by atoms with Crippen LogP contribution in [0.25, 0.3) is 10.9 Å². The highest BCUT2D eigenvalue weighted by Gasteiger charge is 2.39. The van der Waals surface area contributed by atoms with E-state index in [-0.39, 0.29) is 18.2 Å². The third-order valence-corrected chi connectivity index (χ3v) is 5.31. The summed E-state index contributed by atoms with van der Waals surface area (Å²) in [5.41, 5.74) is 2.75. The van der Waals surface area contributed by atoms with Gasteiger partial charge in [-0.2, -0.15) is 0 Å². The van der Waals surface area contributed by atoms with Gasteiger partial charge in [-0.1, -0.05) is 0 Å². The zero-order chi connectivity index (χ0) is 21.1. The number of rotatable bonds is 8. The number of methoxy groups -OCH3 is 1. The molecule has 7 heteroatoms. The Morgan fingerprint density at radius 3 is 2.63 bits per heavy atom. The van der Waals surface area contributed by atoms with E-state index in [1.54, 1.807) is 31.4 Å². The lowest BCUT2D eigenvalue weighted by Gasteiger charge is -2.16. The van der Waals surface area contributed by atoms with Crippen molar-refractivity contribution in [2.45, 2.75) is 25.8 Å². The molecule has 4 rings (SSSR count). The number of anilines is 1. The summed E-state index contributed by atoms with van der Waals surface area (Å²) >= 11 is 0. The van der Waals surface area contributed by atoms with E-state index in [0.29, 0.717) is 24.6 Å². The Morgan fingerprint density at radius 1 is 1.13 bits per heavy atom. The number of nitrogens with zero attached hydrogens (tertiary/aromatic N) is 1. The van der Waals surface area contributed by atoms with Crippen LogP contribution < -0.4 is 19.7 Å². The van der Waals surface area contributed by atoms with E-state index in [4.69, 9.17) is 9.47 Å². The Kier molecular flexibility index (Phi) is 5.72. The highest BCUT2D eigenvalue weighted by atomic mass is 16.5. The first-order chi connectivity index (χ1) is 14.6. The number of hydrogen-bond acceptors (Lipinski definition) is 5. The molecular weight excluding hydrogens is 382 g/mol. The van der Waals surface area contributed by atoms with Crippen LogP contribution in [0.4, 0.5) is 5.69 Å². The summed E-state index contributed by atoms with van der Waals surface area (Å²) in [7, 11) is 1.65. The van der Waals surface area contributed by atoms with Gasteiger partial charge in [0, 0.05) is 23.6 Å². The van der Waals surface area contributed by atoms with Crippen molar-refractivity contribution in [3.8, 4) is 11.5 Å². The number of imide groups is 1. The fourth-order valence-electron chi connectivity index (χ4n) is 3.79. The Labute approximate surface area is 175 Å². The molecule has 7 nitrogen and oxygen atoms in total. The summed E-state index contributed by atoms with van der Waals surface area (Å²) in [6.45, 7) is 3.06. The zero-order valence-electron chi connectivity index (χ0n) is 17.1. The van der Waals surface area contributed by atoms with Crippen LogP contribution in [-0.4, -0.2) is 43.1 Å². The average Bonchev–Trinajstić information content (AvgIpc) is 3.29. The first-order valence-electron chi connectivity index (χ1n) is 10.1. The highest BCUT2D eigenvalue weighted by molar-refractivity contribution is 6.22. The minimum Gasteiger partial charge on any atom is -0.497 e. The molecule has 1 aliphatic heterocycles. The summed E-state index contributed by atoms with van der Waals surface area (Å²) < 4.78 is 10.7. The van der Waals surface area contributed by atoms with E-state index in [1.807, 2.05) is 31.3 Å². The molecule has 1 saturated heterocycles. The summed E-state index contributed by atoms with van der Waals surface area (Å²) in [5.74, 6) is 1.10. The number of aromatic nitrogens is 1. The second-order valence-electron chi connectivity index (χ2n) is 7.18. The lowest BCUT2D eigenvalue weighted by atomic mass is 10.1. The molecule has 1 aliphatic rings. The van der Waals surface area contributed by atoms with E-state index in [0.717, 1.165) is 28.6 Å². The van der Waals surface area contributed by atoms with Gasteiger partial charge in [0.15, 0.2) is 0 Å². The maximum Gasteiger partial charge on any atom is 0.251 e. The lowest BCUT2D eigenvalue weighted by Crippen LogP contribution is -2.39. The molecule has 2 heterocycles. The molecule has 2 amide bonds. The van der Waals surface area contributed by atoms with E-state index in [9.17, 15) is 9.59 Å².